The second-order valence-electron chi connectivity index (χ2n) is 6.31. The molecule has 1 heterocycles. The van der Waals surface area contributed by atoms with E-state index in [-0.39, 0.29) is 37.0 Å². The van der Waals surface area contributed by atoms with E-state index >= 15 is 0 Å². The van der Waals surface area contributed by atoms with Gasteiger partial charge in [-0.25, -0.2) is 10.5 Å². The molecule has 1 aromatic rings. The first kappa shape index (κ1) is 18.9. The van der Waals surface area contributed by atoms with Crippen LogP contribution < -0.4 is 22.1 Å². The summed E-state index contributed by atoms with van der Waals surface area (Å²) in [6.45, 7) is 2.19. The molecule has 0 atom stereocenters. The van der Waals surface area contributed by atoms with E-state index in [1.54, 1.807) is 6.92 Å². The Labute approximate surface area is 146 Å². The van der Waals surface area contributed by atoms with E-state index in [0.29, 0.717) is 29.4 Å². The van der Waals surface area contributed by atoms with Crippen molar-refractivity contribution in [3.63, 3.8) is 0 Å². The Kier molecular flexibility index (Phi) is 6.93. The summed E-state index contributed by atoms with van der Waals surface area (Å²) in [5.74, 6) is 0.200. The summed E-state index contributed by atoms with van der Waals surface area (Å²) in [5.41, 5.74) is 8.79. The molecule has 1 fully saturated rings. The number of carbonyl (C=O) groups excluding carboxylic acids is 1. The number of nitrogens with two attached hydrogens (primary N) is 1. The minimum Gasteiger partial charge on any atom is -0.368 e. The van der Waals surface area contributed by atoms with Crippen LogP contribution in [0, 0.1) is 18.3 Å². The lowest BCUT2D eigenvalue weighted by molar-refractivity contribution is -0.120. The second-order valence-corrected chi connectivity index (χ2v) is 6.31. The minimum absolute atomic E-state index is 0.0964. The highest BCUT2D eigenvalue weighted by Gasteiger charge is 2.18. The van der Waals surface area contributed by atoms with E-state index in [0.717, 1.165) is 6.42 Å². The molecule has 0 radical (unpaired) electrons. The molecule has 1 saturated carbocycles. The van der Waals surface area contributed by atoms with Gasteiger partial charge in [0.1, 0.15) is 5.69 Å². The first-order valence-electron chi connectivity index (χ1n) is 8.53. The van der Waals surface area contributed by atoms with Gasteiger partial charge in [-0.05, 0) is 25.7 Å². The maximum atomic E-state index is 12.0. The number of hydroxylamine groups is 1. The molecular weight excluding hydrogens is 324 g/mol. The minimum atomic E-state index is -0.297. The fourth-order valence-corrected chi connectivity index (χ4v) is 2.66. The van der Waals surface area contributed by atoms with Crippen LogP contribution in [0.4, 0.5) is 0 Å². The number of aromatic amines is 1. The van der Waals surface area contributed by atoms with Crippen LogP contribution in [0.3, 0.4) is 0 Å². The van der Waals surface area contributed by atoms with Crippen LogP contribution in [-0.4, -0.2) is 35.0 Å². The Morgan fingerprint density at radius 1 is 1.44 bits per heavy atom. The van der Waals surface area contributed by atoms with Gasteiger partial charge in [-0.15, -0.1) is 0 Å². The number of nitrogens with one attached hydrogen (secondary N) is 4. The molecule has 1 aliphatic carbocycles. The van der Waals surface area contributed by atoms with Crippen LogP contribution in [0.5, 0.6) is 0 Å². The van der Waals surface area contributed by atoms with E-state index < -0.39 is 0 Å². The molecule has 1 aromatic heterocycles. The predicted molar refractivity (Wildman–Crippen MR) is 93.0 cm³/mol. The first-order valence-corrected chi connectivity index (χ1v) is 8.53. The predicted octanol–water partition coefficient (Wildman–Crippen LogP) is -0.116. The van der Waals surface area contributed by atoms with Gasteiger partial charge in [-0.2, -0.15) is 0 Å². The number of H-pyrrole nitrogens is 1. The van der Waals surface area contributed by atoms with Crippen LogP contribution >= 0.6 is 0 Å². The fourth-order valence-electron chi connectivity index (χ4n) is 2.66. The van der Waals surface area contributed by atoms with Crippen molar-refractivity contribution in [1.29, 1.82) is 5.41 Å². The van der Waals surface area contributed by atoms with Crippen LogP contribution in [0.2, 0.25) is 0 Å². The number of amides is 1. The Morgan fingerprint density at radius 3 is 2.84 bits per heavy atom. The molecule has 0 bridgehead atoms. The van der Waals surface area contributed by atoms with E-state index in [1.165, 1.54) is 19.3 Å². The first-order chi connectivity index (χ1) is 12.0. The summed E-state index contributed by atoms with van der Waals surface area (Å²) in [7, 11) is 0. The third-order valence-electron chi connectivity index (χ3n) is 4.32. The zero-order valence-electron chi connectivity index (χ0n) is 14.5. The molecule has 6 N–H and O–H groups in total. The van der Waals surface area contributed by atoms with Crippen molar-refractivity contribution in [2.75, 3.05) is 13.2 Å². The van der Waals surface area contributed by atoms with Crippen molar-refractivity contribution >= 4 is 11.9 Å². The number of guanidine groups is 1. The summed E-state index contributed by atoms with van der Waals surface area (Å²) >= 11 is 0. The molecule has 1 aliphatic rings. The van der Waals surface area contributed by atoms with Gasteiger partial charge < -0.3 is 16.0 Å². The third-order valence-corrected chi connectivity index (χ3v) is 4.32. The maximum Gasteiger partial charge on any atom is 0.269 e. The smallest absolute Gasteiger partial charge is 0.269 e. The molecule has 138 valence electrons. The van der Waals surface area contributed by atoms with E-state index in [1.807, 2.05) is 0 Å². The molecule has 0 aromatic carbocycles. The van der Waals surface area contributed by atoms with Crippen molar-refractivity contribution in [2.45, 2.75) is 45.4 Å². The average Bonchev–Trinajstić information content (AvgIpc) is 2.49. The van der Waals surface area contributed by atoms with Crippen molar-refractivity contribution in [1.82, 2.24) is 20.8 Å². The SMILES string of the molecule is Cc1[nH]c(=O)c(CCC2CCC2)nc1CC(=O)NCCONC(=N)N. The number of nitrogens with zero attached hydrogens (tertiary/aromatic N) is 1. The molecule has 25 heavy (non-hydrogen) atoms. The molecule has 0 aliphatic heterocycles. The molecule has 1 amide bonds. The normalized spacial score (nSPS) is 14.0. The molecule has 0 unspecified atom stereocenters. The average molecular weight is 350 g/mol. The van der Waals surface area contributed by atoms with Crippen molar-refractivity contribution in [3.05, 3.63) is 27.4 Å². The number of carbonyl (C=O) groups is 1. The van der Waals surface area contributed by atoms with Crippen LogP contribution in [0.1, 0.15) is 42.8 Å². The van der Waals surface area contributed by atoms with Gasteiger partial charge in [-0.3, -0.25) is 19.8 Å². The Bertz CT molecular complexity index is 668. The van der Waals surface area contributed by atoms with Crippen molar-refractivity contribution < 1.29 is 9.63 Å². The second kappa shape index (κ2) is 9.16. The molecule has 0 spiro atoms. The monoisotopic (exact) mass is 350 g/mol. The summed E-state index contributed by atoms with van der Waals surface area (Å²) < 4.78 is 0. The largest absolute Gasteiger partial charge is 0.368 e. The van der Waals surface area contributed by atoms with Gasteiger partial charge in [0, 0.05) is 12.2 Å². The van der Waals surface area contributed by atoms with Gasteiger partial charge in [0.2, 0.25) is 11.9 Å². The van der Waals surface area contributed by atoms with E-state index in [4.69, 9.17) is 16.0 Å². The summed E-state index contributed by atoms with van der Waals surface area (Å²) in [5, 5.41) is 9.60. The summed E-state index contributed by atoms with van der Waals surface area (Å²) in [6.07, 6.45) is 5.47. The summed E-state index contributed by atoms with van der Waals surface area (Å²) in [4.78, 5) is 36.1. The van der Waals surface area contributed by atoms with Gasteiger partial charge in [0.15, 0.2) is 0 Å². The quantitative estimate of drug-likeness (QED) is 0.182. The lowest BCUT2D eigenvalue weighted by Crippen LogP contribution is -2.35. The number of hydrogen-bond donors (Lipinski definition) is 5. The molecule has 0 saturated heterocycles. The van der Waals surface area contributed by atoms with Crippen molar-refractivity contribution in [2.24, 2.45) is 11.7 Å². The van der Waals surface area contributed by atoms with E-state index in [2.05, 4.69) is 20.8 Å². The van der Waals surface area contributed by atoms with E-state index in [9.17, 15) is 9.59 Å². The standard InChI is InChI=1S/C16H26N6O3/c1-10-13(9-14(23)19-7-8-25-22-16(17)18)21-12(15(24)20-10)6-5-11-3-2-4-11/h11H,2-9H2,1H3,(H,19,23)(H,20,24)(H4,17,18,22). The lowest BCUT2D eigenvalue weighted by atomic mass is 9.82. The summed E-state index contributed by atoms with van der Waals surface area (Å²) in [6, 6.07) is 0. The number of aryl methyl sites for hydroxylation is 2. The van der Waals surface area contributed by atoms with Crippen molar-refractivity contribution in [3.8, 4) is 0 Å². The molecular formula is C16H26N6O3. The Balaban J connectivity index is 1.83. The Morgan fingerprint density at radius 2 is 2.20 bits per heavy atom. The lowest BCUT2D eigenvalue weighted by Gasteiger charge is -2.24. The zero-order valence-corrected chi connectivity index (χ0v) is 14.5. The highest BCUT2D eigenvalue weighted by atomic mass is 16.6. The van der Waals surface area contributed by atoms with Crippen LogP contribution in [0.25, 0.3) is 0 Å². The zero-order chi connectivity index (χ0) is 18.2. The maximum absolute atomic E-state index is 12.0. The van der Waals surface area contributed by atoms with Gasteiger partial charge in [0.25, 0.3) is 5.56 Å². The van der Waals surface area contributed by atoms with Gasteiger partial charge >= 0.3 is 0 Å². The molecule has 9 nitrogen and oxygen atoms in total. The van der Waals surface area contributed by atoms with Crippen LogP contribution in [-0.2, 0) is 22.5 Å². The number of hydrogen-bond acceptors (Lipinski definition) is 5. The Hall–Kier alpha value is -2.42. The molecule has 2 rings (SSSR count). The highest BCUT2D eigenvalue weighted by molar-refractivity contribution is 5.78. The third kappa shape index (κ3) is 6.18. The molecule has 9 heteroatoms. The van der Waals surface area contributed by atoms with Crippen LogP contribution in [0.15, 0.2) is 4.79 Å². The van der Waals surface area contributed by atoms with Gasteiger partial charge in [0.05, 0.1) is 18.7 Å². The highest BCUT2D eigenvalue weighted by Crippen LogP contribution is 2.29. The fraction of sp³-hybridized carbons (Fsp3) is 0.625. The number of aromatic nitrogens is 2. The topological polar surface area (TPSA) is 146 Å². The number of rotatable bonds is 9. The van der Waals surface area contributed by atoms with Gasteiger partial charge in [-0.1, -0.05) is 19.3 Å².